The van der Waals surface area contributed by atoms with E-state index in [2.05, 4.69) is 4.28 Å². The Bertz CT molecular complexity index is 498. The molecule has 0 saturated carbocycles. The summed E-state index contributed by atoms with van der Waals surface area (Å²) in [4.78, 5) is 11.6. The third-order valence-corrected chi connectivity index (χ3v) is 2.61. The fourth-order valence-electron chi connectivity index (χ4n) is 1.13. The van der Waals surface area contributed by atoms with Crippen LogP contribution < -0.4 is 0 Å². The molecule has 0 bridgehead atoms. The van der Waals surface area contributed by atoms with E-state index in [9.17, 15) is 13.2 Å². The van der Waals surface area contributed by atoms with Crippen molar-refractivity contribution in [2.75, 3.05) is 13.3 Å². The van der Waals surface area contributed by atoms with Crippen molar-refractivity contribution >= 4 is 27.6 Å². The zero-order valence-electron chi connectivity index (χ0n) is 9.38. The molecule has 94 valence electrons. The number of hydrogen-bond acceptors (Lipinski definition) is 4. The van der Waals surface area contributed by atoms with Crippen LogP contribution in [0.4, 0.5) is 0 Å². The highest BCUT2D eigenvalue weighted by Gasteiger charge is 2.15. The first-order valence-corrected chi connectivity index (χ1v) is 6.88. The lowest BCUT2D eigenvalue weighted by molar-refractivity contribution is -0.150. The lowest BCUT2D eigenvalue weighted by atomic mass is 10.1. The van der Waals surface area contributed by atoms with Gasteiger partial charge in [0.1, 0.15) is 0 Å². The molecule has 0 heterocycles. The van der Waals surface area contributed by atoms with E-state index in [0.717, 1.165) is 11.8 Å². The fraction of sp³-hybridized carbons (Fsp3) is 0.300. The van der Waals surface area contributed by atoms with Crippen molar-refractivity contribution in [3.63, 3.8) is 0 Å². The van der Waals surface area contributed by atoms with Gasteiger partial charge in [-0.1, -0.05) is 23.7 Å². The predicted octanol–water partition coefficient (Wildman–Crippen LogP) is 1.23. The highest BCUT2D eigenvalue weighted by atomic mass is 35.5. The third-order valence-electron chi connectivity index (χ3n) is 1.87. The number of nitrogens with zero attached hydrogens (tertiary/aromatic N) is 1. The summed E-state index contributed by atoms with van der Waals surface area (Å²) in [5, 5.41) is 1.27. The molecule has 0 N–H and O–H groups in total. The molecule has 0 aliphatic rings. The standard InChI is InChI=1S/C10H12ClNO4S/c1-12(16-17(2,14)15)10(13)7-8-3-5-9(11)6-4-8/h3-6H,7H2,1-2H3. The maximum atomic E-state index is 11.6. The second-order valence-electron chi connectivity index (χ2n) is 3.47. The number of likely N-dealkylation sites (N-methyl/N-ethyl adjacent to an activating group) is 1. The van der Waals surface area contributed by atoms with Gasteiger partial charge in [0, 0.05) is 12.1 Å². The van der Waals surface area contributed by atoms with Gasteiger partial charge < -0.3 is 0 Å². The van der Waals surface area contributed by atoms with Crippen molar-refractivity contribution < 1.29 is 17.5 Å². The summed E-state index contributed by atoms with van der Waals surface area (Å²) in [6.07, 6.45) is 0.919. The molecule has 1 aromatic carbocycles. The summed E-state index contributed by atoms with van der Waals surface area (Å²) in [6.45, 7) is 0. The predicted molar refractivity (Wildman–Crippen MR) is 63.9 cm³/mol. The number of carbonyl (C=O) groups is 1. The minimum Gasteiger partial charge on any atom is -0.272 e. The summed E-state index contributed by atoms with van der Waals surface area (Å²) >= 11 is 5.70. The quantitative estimate of drug-likeness (QED) is 0.777. The van der Waals surface area contributed by atoms with Crippen LogP contribution in [0.3, 0.4) is 0 Å². The second kappa shape index (κ2) is 5.48. The van der Waals surface area contributed by atoms with E-state index in [1.807, 2.05) is 0 Å². The minimum atomic E-state index is -3.68. The Balaban J connectivity index is 2.63. The zero-order chi connectivity index (χ0) is 13.1. The Morgan fingerprint density at radius 1 is 1.35 bits per heavy atom. The normalized spacial score (nSPS) is 11.2. The summed E-state index contributed by atoms with van der Waals surface area (Å²) < 4.78 is 26.0. The van der Waals surface area contributed by atoms with Crippen molar-refractivity contribution in [3.8, 4) is 0 Å². The summed E-state index contributed by atoms with van der Waals surface area (Å²) in [7, 11) is -2.43. The molecule has 1 aromatic rings. The van der Waals surface area contributed by atoms with Crippen LogP contribution in [-0.4, -0.2) is 32.7 Å². The Morgan fingerprint density at radius 2 is 1.88 bits per heavy atom. The van der Waals surface area contributed by atoms with Crippen molar-refractivity contribution in [1.29, 1.82) is 0 Å². The molecule has 5 nitrogen and oxygen atoms in total. The lowest BCUT2D eigenvalue weighted by Crippen LogP contribution is -2.30. The van der Waals surface area contributed by atoms with Crippen LogP contribution in [0.2, 0.25) is 5.02 Å². The van der Waals surface area contributed by atoms with E-state index in [1.54, 1.807) is 24.3 Å². The zero-order valence-corrected chi connectivity index (χ0v) is 11.0. The average molecular weight is 278 g/mol. The van der Waals surface area contributed by atoms with Gasteiger partial charge in [-0.05, 0) is 17.7 Å². The van der Waals surface area contributed by atoms with Crippen LogP contribution in [0.5, 0.6) is 0 Å². The number of halogens is 1. The molecule has 0 aromatic heterocycles. The maximum absolute atomic E-state index is 11.6. The van der Waals surface area contributed by atoms with E-state index in [4.69, 9.17) is 11.6 Å². The van der Waals surface area contributed by atoms with Crippen LogP contribution >= 0.6 is 11.6 Å². The smallest absolute Gasteiger partial charge is 0.272 e. The highest BCUT2D eigenvalue weighted by Crippen LogP contribution is 2.10. The van der Waals surface area contributed by atoms with Crippen molar-refractivity contribution in [2.24, 2.45) is 0 Å². The molecule has 0 aliphatic carbocycles. The molecular formula is C10H12ClNO4S. The summed E-state index contributed by atoms with van der Waals surface area (Å²) in [5.74, 6) is -0.460. The fourth-order valence-corrected chi connectivity index (χ4v) is 1.75. The number of hydrogen-bond donors (Lipinski definition) is 0. The molecule has 0 unspecified atom stereocenters. The van der Waals surface area contributed by atoms with Crippen molar-refractivity contribution in [1.82, 2.24) is 5.06 Å². The maximum Gasteiger partial charge on any atom is 0.285 e. The van der Waals surface area contributed by atoms with Crippen LogP contribution in [0.1, 0.15) is 5.56 Å². The Kier molecular flexibility index (Phi) is 4.50. The number of hydroxylamine groups is 2. The van der Waals surface area contributed by atoms with Crippen LogP contribution in [0.15, 0.2) is 24.3 Å². The monoisotopic (exact) mass is 277 g/mol. The van der Waals surface area contributed by atoms with Crippen LogP contribution in [-0.2, 0) is 25.6 Å². The number of benzene rings is 1. The van der Waals surface area contributed by atoms with E-state index < -0.39 is 16.0 Å². The molecular weight excluding hydrogens is 266 g/mol. The van der Waals surface area contributed by atoms with Crippen molar-refractivity contribution in [3.05, 3.63) is 34.9 Å². The molecule has 7 heteroatoms. The first-order valence-electron chi connectivity index (χ1n) is 4.68. The van der Waals surface area contributed by atoms with Crippen molar-refractivity contribution in [2.45, 2.75) is 6.42 Å². The van der Waals surface area contributed by atoms with Crippen LogP contribution in [0.25, 0.3) is 0 Å². The van der Waals surface area contributed by atoms with Gasteiger partial charge >= 0.3 is 0 Å². The highest BCUT2D eigenvalue weighted by molar-refractivity contribution is 7.85. The molecule has 0 aliphatic heterocycles. The van der Waals surface area contributed by atoms with Gasteiger partial charge in [-0.25, -0.2) is 5.06 Å². The Labute approximate surface area is 105 Å². The van der Waals surface area contributed by atoms with Gasteiger partial charge in [0.25, 0.3) is 16.0 Å². The molecule has 0 saturated heterocycles. The van der Waals surface area contributed by atoms with E-state index in [1.165, 1.54) is 7.05 Å². The largest absolute Gasteiger partial charge is 0.285 e. The first-order chi connectivity index (χ1) is 7.78. The number of carbonyl (C=O) groups excluding carboxylic acids is 1. The summed E-state index contributed by atoms with van der Waals surface area (Å²) in [5.41, 5.74) is 0.725. The van der Waals surface area contributed by atoms with Gasteiger partial charge in [0.2, 0.25) is 0 Å². The SMILES string of the molecule is CN(OS(C)(=O)=O)C(=O)Cc1ccc(Cl)cc1. The molecule has 0 fully saturated rings. The third kappa shape index (κ3) is 5.16. The van der Waals surface area contributed by atoms with E-state index in [0.29, 0.717) is 10.1 Å². The average Bonchev–Trinajstić information content (AvgIpc) is 2.19. The molecule has 1 amide bonds. The summed E-state index contributed by atoms with van der Waals surface area (Å²) in [6, 6.07) is 6.69. The Morgan fingerprint density at radius 3 is 2.35 bits per heavy atom. The Hall–Kier alpha value is -1.11. The van der Waals surface area contributed by atoms with Gasteiger partial charge in [-0.15, -0.1) is 4.28 Å². The first kappa shape index (κ1) is 14.0. The molecule has 1 rings (SSSR count). The van der Waals surface area contributed by atoms with Crippen LogP contribution in [0, 0.1) is 0 Å². The molecule has 0 radical (unpaired) electrons. The molecule has 17 heavy (non-hydrogen) atoms. The lowest BCUT2D eigenvalue weighted by Gasteiger charge is -2.14. The van der Waals surface area contributed by atoms with Gasteiger partial charge in [-0.3, -0.25) is 4.79 Å². The number of rotatable bonds is 4. The van der Waals surface area contributed by atoms with E-state index >= 15 is 0 Å². The number of amides is 1. The van der Waals surface area contributed by atoms with E-state index in [-0.39, 0.29) is 6.42 Å². The molecule has 0 spiro atoms. The van der Waals surface area contributed by atoms with Gasteiger partial charge in [-0.2, -0.15) is 8.42 Å². The minimum absolute atomic E-state index is 0.0448. The van der Waals surface area contributed by atoms with Gasteiger partial charge in [0.05, 0.1) is 12.7 Å². The second-order valence-corrected chi connectivity index (χ2v) is 5.47. The van der Waals surface area contributed by atoms with Gasteiger partial charge in [0.15, 0.2) is 0 Å². The topological polar surface area (TPSA) is 63.7 Å². The molecule has 0 atom stereocenters.